The summed E-state index contributed by atoms with van der Waals surface area (Å²) in [5.41, 5.74) is 5.40. The van der Waals surface area contributed by atoms with Gasteiger partial charge in [-0.25, -0.2) is 13.1 Å². The van der Waals surface area contributed by atoms with Crippen molar-refractivity contribution in [3.8, 4) is 5.75 Å². The Morgan fingerprint density at radius 1 is 0.938 bits per heavy atom. The Kier molecular flexibility index (Phi) is 7.30. The van der Waals surface area contributed by atoms with Gasteiger partial charge >= 0.3 is 0 Å². The van der Waals surface area contributed by atoms with E-state index in [4.69, 9.17) is 4.74 Å². The first kappa shape index (κ1) is 24.3. The number of sulfonamides is 1. The second-order valence-electron chi connectivity index (χ2n) is 8.60. The fourth-order valence-corrected chi connectivity index (χ4v) is 6.30. The maximum atomic E-state index is 13.3. The SMILES string of the molecule is CCOc1ccc(C(=O)N2CCC(NS(=O)(=O)c3c(C)c(C)c(C)c(C)c3C)CC2)cc1. The average Bonchev–Trinajstić information content (AvgIpc) is 2.77. The van der Waals surface area contributed by atoms with E-state index >= 15 is 0 Å². The Hall–Kier alpha value is -2.38. The fourth-order valence-electron chi connectivity index (χ4n) is 4.39. The highest BCUT2D eigenvalue weighted by molar-refractivity contribution is 7.89. The van der Waals surface area contributed by atoms with Crippen molar-refractivity contribution in [3.63, 3.8) is 0 Å². The molecule has 0 bridgehead atoms. The van der Waals surface area contributed by atoms with Gasteiger partial charge in [0, 0.05) is 24.7 Å². The van der Waals surface area contributed by atoms with Gasteiger partial charge < -0.3 is 9.64 Å². The van der Waals surface area contributed by atoms with E-state index in [1.54, 1.807) is 29.2 Å². The molecule has 1 amide bonds. The molecule has 6 nitrogen and oxygen atoms in total. The zero-order valence-electron chi connectivity index (χ0n) is 19.9. The zero-order valence-corrected chi connectivity index (χ0v) is 20.7. The van der Waals surface area contributed by atoms with Crippen molar-refractivity contribution >= 4 is 15.9 Å². The number of likely N-dealkylation sites (tertiary alicyclic amines) is 1. The molecule has 1 heterocycles. The van der Waals surface area contributed by atoms with Gasteiger partial charge in [-0.3, -0.25) is 4.79 Å². The molecule has 32 heavy (non-hydrogen) atoms. The second kappa shape index (κ2) is 9.63. The third kappa shape index (κ3) is 4.84. The summed E-state index contributed by atoms with van der Waals surface area (Å²) >= 11 is 0. The van der Waals surface area contributed by atoms with Gasteiger partial charge in [0.2, 0.25) is 10.0 Å². The Labute approximate surface area is 192 Å². The number of ether oxygens (including phenoxy) is 1. The molecule has 2 aromatic rings. The van der Waals surface area contributed by atoms with Crippen LogP contribution in [0, 0.1) is 34.6 Å². The summed E-state index contributed by atoms with van der Waals surface area (Å²) < 4.78 is 34.9. The molecule has 0 unspecified atom stereocenters. The molecule has 174 valence electrons. The van der Waals surface area contributed by atoms with Crippen molar-refractivity contribution in [1.82, 2.24) is 9.62 Å². The summed E-state index contributed by atoms with van der Waals surface area (Å²) in [6.45, 7) is 13.3. The highest BCUT2D eigenvalue weighted by Gasteiger charge is 2.30. The van der Waals surface area contributed by atoms with Crippen LogP contribution in [0.25, 0.3) is 0 Å². The summed E-state index contributed by atoms with van der Waals surface area (Å²) in [7, 11) is -3.65. The number of hydrogen-bond acceptors (Lipinski definition) is 4. The van der Waals surface area contributed by atoms with E-state index in [0.29, 0.717) is 43.0 Å². The molecule has 0 atom stereocenters. The molecule has 0 aliphatic carbocycles. The first-order valence-electron chi connectivity index (χ1n) is 11.2. The van der Waals surface area contributed by atoms with Crippen LogP contribution in [0.5, 0.6) is 5.75 Å². The summed E-state index contributed by atoms with van der Waals surface area (Å²) in [4.78, 5) is 15.0. The van der Waals surface area contributed by atoms with Crippen LogP contribution in [0.15, 0.2) is 29.2 Å². The molecule has 0 radical (unpaired) electrons. The van der Waals surface area contributed by atoms with E-state index in [9.17, 15) is 13.2 Å². The molecular weight excluding hydrogens is 424 g/mol. The van der Waals surface area contributed by atoms with E-state index in [2.05, 4.69) is 4.72 Å². The number of carbonyl (C=O) groups excluding carboxylic acids is 1. The maximum Gasteiger partial charge on any atom is 0.253 e. The largest absolute Gasteiger partial charge is 0.494 e. The van der Waals surface area contributed by atoms with E-state index in [0.717, 1.165) is 33.6 Å². The van der Waals surface area contributed by atoms with Crippen molar-refractivity contribution in [2.45, 2.75) is 65.3 Å². The number of amides is 1. The van der Waals surface area contributed by atoms with Gasteiger partial charge in [-0.2, -0.15) is 0 Å². The lowest BCUT2D eigenvalue weighted by molar-refractivity contribution is 0.0711. The number of nitrogens with one attached hydrogen (secondary N) is 1. The molecule has 1 aliphatic heterocycles. The van der Waals surface area contributed by atoms with Gasteiger partial charge in [0.1, 0.15) is 5.75 Å². The highest BCUT2D eigenvalue weighted by Crippen LogP contribution is 2.30. The Bertz CT molecular complexity index is 1070. The van der Waals surface area contributed by atoms with Crippen LogP contribution in [0.2, 0.25) is 0 Å². The van der Waals surface area contributed by atoms with Crippen LogP contribution in [-0.4, -0.2) is 45.0 Å². The third-order valence-electron chi connectivity index (χ3n) is 6.72. The van der Waals surface area contributed by atoms with Crippen molar-refractivity contribution in [3.05, 3.63) is 57.6 Å². The molecule has 7 heteroatoms. The molecule has 3 rings (SSSR count). The number of carbonyl (C=O) groups is 1. The Morgan fingerprint density at radius 2 is 1.44 bits per heavy atom. The topological polar surface area (TPSA) is 75.7 Å². The Morgan fingerprint density at radius 3 is 1.94 bits per heavy atom. The summed E-state index contributed by atoms with van der Waals surface area (Å²) in [6.07, 6.45) is 1.17. The molecule has 2 aromatic carbocycles. The highest BCUT2D eigenvalue weighted by atomic mass is 32.2. The molecular formula is C25H34N2O4S. The minimum absolute atomic E-state index is 0.0363. The number of benzene rings is 2. The minimum atomic E-state index is -3.65. The first-order valence-corrected chi connectivity index (χ1v) is 12.7. The molecule has 0 saturated carbocycles. The number of nitrogens with zero attached hydrogens (tertiary/aromatic N) is 1. The predicted octanol–water partition coefficient (Wildman–Crippen LogP) is 4.21. The van der Waals surface area contributed by atoms with Crippen molar-refractivity contribution < 1.29 is 17.9 Å². The van der Waals surface area contributed by atoms with Crippen LogP contribution in [0.1, 0.15) is 57.9 Å². The number of rotatable bonds is 6. The maximum absolute atomic E-state index is 13.3. The van der Waals surface area contributed by atoms with Gasteiger partial charge in [-0.15, -0.1) is 0 Å². The van der Waals surface area contributed by atoms with Crippen LogP contribution in [0.4, 0.5) is 0 Å². The quantitative estimate of drug-likeness (QED) is 0.704. The molecule has 1 aliphatic rings. The van der Waals surface area contributed by atoms with Crippen molar-refractivity contribution in [2.24, 2.45) is 0 Å². The van der Waals surface area contributed by atoms with Gasteiger partial charge in [-0.1, -0.05) is 0 Å². The molecule has 1 fully saturated rings. The van der Waals surface area contributed by atoms with Crippen LogP contribution in [0.3, 0.4) is 0 Å². The van der Waals surface area contributed by atoms with Gasteiger partial charge in [0.05, 0.1) is 11.5 Å². The monoisotopic (exact) mass is 458 g/mol. The normalized spacial score (nSPS) is 15.1. The van der Waals surface area contributed by atoms with Crippen LogP contribution in [-0.2, 0) is 10.0 Å². The molecule has 1 saturated heterocycles. The lowest BCUT2D eigenvalue weighted by Gasteiger charge is -2.32. The summed E-state index contributed by atoms with van der Waals surface area (Å²) in [5, 5.41) is 0. The second-order valence-corrected chi connectivity index (χ2v) is 10.3. The standard InChI is InChI=1S/C25H34N2O4S/c1-7-31-23-10-8-21(9-11-23)25(28)27-14-12-22(13-15-27)26-32(29,30)24-19(5)17(3)16(2)18(4)20(24)6/h8-11,22,26H,7,12-15H2,1-6H3. The van der Waals surface area contributed by atoms with Crippen LogP contribution >= 0.6 is 0 Å². The van der Waals surface area contributed by atoms with E-state index in [1.165, 1.54) is 0 Å². The van der Waals surface area contributed by atoms with E-state index in [-0.39, 0.29) is 11.9 Å². The number of hydrogen-bond donors (Lipinski definition) is 1. The smallest absolute Gasteiger partial charge is 0.253 e. The molecule has 0 spiro atoms. The lowest BCUT2D eigenvalue weighted by Crippen LogP contribution is -2.46. The van der Waals surface area contributed by atoms with Crippen LogP contribution < -0.4 is 9.46 Å². The first-order chi connectivity index (χ1) is 15.1. The fraction of sp³-hybridized carbons (Fsp3) is 0.480. The number of piperidine rings is 1. The zero-order chi connectivity index (χ0) is 23.6. The lowest BCUT2D eigenvalue weighted by atomic mass is 9.95. The Balaban J connectivity index is 1.68. The third-order valence-corrected chi connectivity index (χ3v) is 8.51. The summed E-state index contributed by atoms with van der Waals surface area (Å²) in [6, 6.07) is 6.96. The van der Waals surface area contributed by atoms with Gasteiger partial charge in [-0.05, 0) is 106 Å². The van der Waals surface area contributed by atoms with Crippen molar-refractivity contribution in [2.75, 3.05) is 19.7 Å². The van der Waals surface area contributed by atoms with E-state index in [1.807, 2.05) is 41.5 Å². The molecule has 1 N–H and O–H groups in total. The predicted molar refractivity (Wildman–Crippen MR) is 127 cm³/mol. The summed E-state index contributed by atoms with van der Waals surface area (Å²) in [5.74, 6) is 0.704. The minimum Gasteiger partial charge on any atom is -0.494 e. The average molecular weight is 459 g/mol. The van der Waals surface area contributed by atoms with Gasteiger partial charge in [0.15, 0.2) is 0 Å². The van der Waals surface area contributed by atoms with Gasteiger partial charge in [0.25, 0.3) is 5.91 Å². The molecule has 0 aromatic heterocycles. The van der Waals surface area contributed by atoms with Crippen molar-refractivity contribution in [1.29, 1.82) is 0 Å². The van der Waals surface area contributed by atoms with E-state index < -0.39 is 10.0 Å².